The Balaban J connectivity index is 0.000000240. The van der Waals surface area contributed by atoms with Crippen LogP contribution in [0.2, 0.25) is 0 Å². The second-order valence-corrected chi connectivity index (χ2v) is 5.69. The molecule has 0 aromatic rings. The first-order valence-corrected chi connectivity index (χ1v) is 7.49. The molecule has 8 heteroatoms. The highest BCUT2D eigenvalue weighted by Gasteiger charge is 2.44. The van der Waals surface area contributed by atoms with Gasteiger partial charge in [-0.1, -0.05) is 24.3 Å². The van der Waals surface area contributed by atoms with E-state index in [-0.39, 0.29) is 6.42 Å². The van der Waals surface area contributed by atoms with Crippen LogP contribution in [0.4, 0.5) is 0 Å². The van der Waals surface area contributed by atoms with E-state index in [4.69, 9.17) is 20.4 Å². The minimum atomic E-state index is -1.67. The zero-order chi connectivity index (χ0) is 18.3. The average molecular weight is 340 g/mol. The molecule has 0 saturated carbocycles. The van der Waals surface area contributed by atoms with E-state index in [1.165, 1.54) is 12.2 Å². The molecule has 0 aromatic heterocycles. The summed E-state index contributed by atoms with van der Waals surface area (Å²) in [6.45, 7) is 0. The van der Waals surface area contributed by atoms with Crippen LogP contribution in [0.25, 0.3) is 0 Å². The molecule has 24 heavy (non-hydrogen) atoms. The summed E-state index contributed by atoms with van der Waals surface area (Å²) in [6, 6.07) is 0. The molecule has 0 bridgehead atoms. The lowest BCUT2D eigenvalue weighted by molar-refractivity contribution is -0.161. The van der Waals surface area contributed by atoms with Crippen molar-refractivity contribution in [2.24, 2.45) is 17.3 Å². The van der Waals surface area contributed by atoms with E-state index in [0.717, 1.165) is 6.42 Å². The molecule has 2 rings (SSSR count). The van der Waals surface area contributed by atoms with Crippen LogP contribution in [0.5, 0.6) is 0 Å². The van der Waals surface area contributed by atoms with Crippen LogP contribution in [0.1, 0.15) is 32.1 Å². The molecule has 2 unspecified atom stereocenters. The quantitative estimate of drug-likeness (QED) is 0.445. The Kier molecular flexibility index (Phi) is 6.69. The van der Waals surface area contributed by atoms with Crippen molar-refractivity contribution >= 4 is 23.9 Å². The molecule has 0 heterocycles. The molecule has 0 aromatic carbocycles. The number of carbonyl (C=O) groups is 4. The van der Waals surface area contributed by atoms with Gasteiger partial charge in [0, 0.05) is 0 Å². The minimum Gasteiger partial charge on any atom is -0.481 e. The van der Waals surface area contributed by atoms with Gasteiger partial charge in [-0.3, -0.25) is 19.2 Å². The summed E-state index contributed by atoms with van der Waals surface area (Å²) in [5.74, 6) is -6.23. The first kappa shape index (κ1) is 19.4. The fourth-order valence-corrected chi connectivity index (χ4v) is 2.68. The Morgan fingerprint density at radius 2 is 1.50 bits per heavy atom. The van der Waals surface area contributed by atoms with E-state index >= 15 is 0 Å². The largest absolute Gasteiger partial charge is 0.481 e. The molecule has 0 spiro atoms. The van der Waals surface area contributed by atoms with Crippen LogP contribution in [-0.4, -0.2) is 44.3 Å². The van der Waals surface area contributed by atoms with Crippen molar-refractivity contribution in [1.29, 1.82) is 0 Å². The Hall–Kier alpha value is -2.64. The predicted octanol–water partition coefficient (Wildman–Crippen LogP) is 1.62. The summed E-state index contributed by atoms with van der Waals surface area (Å²) in [5.41, 5.74) is -1.67. The van der Waals surface area contributed by atoms with Gasteiger partial charge in [0.15, 0.2) is 5.41 Å². The van der Waals surface area contributed by atoms with Crippen LogP contribution in [0, 0.1) is 17.3 Å². The van der Waals surface area contributed by atoms with Gasteiger partial charge < -0.3 is 20.4 Å². The van der Waals surface area contributed by atoms with Crippen molar-refractivity contribution in [3.05, 3.63) is 24.3 Å². The summed E-state index contributed by atoms with van der Waals surface area (Å²) in [6.07, 6.45) is 8.73. The summed E-state index contributed by atoms with van der Waals surface area (Å²) in [7, 11) is 0. The monoisotopic (exact) mass is 340 g/mol. The van der Waals surface area contributed by atoms with Gasteiger partial charge in [0.05, 0.1) is 11.8 Å². The Morgan fingerprint density at radius 3 is 1.83 bits per heavy atom. The first-order chi connectivity index (χ1) is 11.2. The van der Waals surface area contributed by atoms with E-state index in [2.05, 4.69) is 0 Å². The Morgan fingerprint density at radius 1 is 0.875 bits per heavy atom. The maximum Gasteiger partial charge on any atom is 0.324 e. The van der Waals surface area contributed by atoms with Gasteiger partial charge in [-0.15, -0.1) is 0 Å². The van der Waals surface area contributed by atoms with Gasteiger partial charge in [-0.25, -0.2) is 0 Å². The highest BCUT2D eigenvalue weighted by molar-refractivity contribution is 6.00. The van der Waals surface area contributed by atoms with Crippen LogP contribution < -0.4 is 0 Å². The summed E-state index contributed by atoms with van der Waals surface area (Å²) >= 11 is 0. The number of carboxylic acid groups (broad SMARTS) is 4. The molecule has 0 radical (unpaired) electrons. The van der Waals surface area contributed by atoms with E-state index in [9.17, 15) is 19.2 Å². The number of carboxylic acids is 4. The number of rotatable bonds is 4. The van der Waals surface area contributed by atoms with Crippen LogP contribution in [0.15, 0.2) is 24.3 Å². The molecule has 0 aliphatic heterocycles. The van der Waals surface area contributed by atoms with Gasteiger partial charge in [-0.2, -0.15) is 0 Å². The molecule has 8 nitrogen and oxygen atoms in total. The van der Waals surface area contributed by atoms with Crippen molar-refractivity contribution in [3.63, 3.8) is 0 Å². The van der Waals surface area contributed by atoms with Crippen molar-refractivity contribution in [1.82, 2.24) is 0 Å². The molecule has 4 N–H and O–H groups in total. The van der Waals surface area contributed by atoms with E-state index in [1.54, 1.807) is 12.2 Å². The summed E-state index contributed by atoms with van der Waals surface area (Å²) in [4.78, 5) is 42.5. The minimum absolute atomic E-state index is 0.189. The number of aliphatic carboxylic acids is 4. The number of hydrogen-bond acceptors (Lipinski definition) is 4. The molecule has 132 valence electrons. The lowest BCUT2D eigenvalue weighted by Gasteiger charge is -2.23. The first-order valence-electron chi connectivity index (χ1n) is 7.49. The molecule has 2 atom stereocenters. The highest BCUT2D eigenvalue weighted by Crippen LogP contribution is 2.31. The molecule has 0 saturated heterocycles. The highest BCUT2D eigenvalue weighted by atomic mass is 16.4. The van der Waals surface area contributed by atoms with Crippen LogP contribution in [0.3, 0.4) is 0 Å². The van der Waals surface area contributed by atoms with Gasteiger partial charge in [-0.05, 0) is 32.1 Å². The third kappa shape index (κ3) is 4.43. The van der Waals surface area contributed by atoms with E-state index in [0.29, 0.717) is 19.3 Å². The second-order valence-electron chi connectivity index (χ2n) is 5.69. The molecular formula is C16H20O8. The van der Waals surface area contributed by atoms with Crippen LogP contribution >= 0.6 is 0 Å². The van der Waals surface area contributed by atoms with Gasteiger partial charge in [0.25, 0.3) is 0 Å². The van der Waals surface area contributed by atoms with E-state index in [1.807, 2.05) is 0 Å². The SMILES string of the molecule is O=C(O)C1(C(=O)O)C=CCCC1.O=C(O)C1C=CCCC1C(=O)O. The fraction of sp³-hybridized carbons (Fsp3) is 0.500. The third-order valence-corrected chi connectivity index (χ3v) is 4.13. The summed E-state index contributed by atoms with van der Waals surface area (Å²) in [5, 5.41) is 34.8. The number of allylic oxidation sites excluding steroid dienone is 2. The fourth-order valence-electron chi connectivity index (χ4n) is 2.68. The lowest BCUT2D eigenvalue weighted by Crippen LogP contribution is -2.38. The van der Waals surface area contributed by atoms with Gasteiger partial charge in [0.1, 0.15) is 0 Å². The normalized spacial score (nSPS) is 24.3. The zero-order valence-electron chi connectivity index (χ0n) is 12.9. The van der Waals surface area contributed by atoms with Crippen molar-refractivity contribution in [2.45, 2.75) is 32.1 Å². The van der Waals surface area contributed by atoms with Gasteiger partial charge in [0.2, 0.25) is 0 Å². The average Bonchev–Trinajstić information content (AvgIpc) is 2.55. The topological polar surface area (TPSA) is 149 Å². The molecule has 0 amide bonds. The van der Waals surface area contributed by atoms with Gasteiger partial charge >= 0.3 is 23.9 Å². The van der Waals surface area contributed by atoms with E-state index < -0.39 is 41.1 Å². The maximum absolute atomic E-state index is 10.7. The molecular weight excluding hydrogens is 320 g/mol. The van der Waals surface area contributed by atoms with Crippen LogP contribution in [-0.2, 0) is 19.2 Å². The molecule has 0 fully saturated rings. The van der Waals surface area contributed by atoms with Crippen molar-refractivity contribution in [2.75, 3.05) is 0 Å². The lowest BCUT2D eigenvalue weighted by atomic mass is 9.79. The summed E-state index contributed by atoms with van der Waals surface area (Å²) < 4.78 is 0. The maximum atomic E-state index is 10.7. The Bertz CT molecular complexity index is 561. The number of hydrogen-bond donors (Lipinski definition) is 4. The molecule has 2 aliphatic rings. The molecule has 2 aliphatic carbocycles. The third-order valence-electron chi connectivity index (χ3n) is 4.13. The zero-order valence-corrected chi connectivity index (χ0v) is 12.9. The van der Waals surface area contributed by atoms with Crippen molar-refractivity contribution in [3.8, 4) is 0 Å². The second kappa shape index (κ2) is 8.28. The smallest absolute Gasteiger partial charge is 0.324 e. The van der Waals surface area contributed by atoms with Crippen molar-refractivity contribution < 1.29 is 39.6 Å². The standard InChI is InChI=1S/2C8H10O4/c9-6(10)8(7(11)12)4-2-1-3-5-8;9-7(10)5-3-1-2-4-6(5)8(11)12/h2,4H,1,3,5H2,(H,9,10)(H,11,12);1,3,5-6H,2,4H2,(H,9,10)(H,11,12). The Labute approximate surface area is 138 Å². The predicted molar refractivity (Wildman–Crippen MR) is 81.3 cm³/mol.